The number of anilines is 1. The second kappa shape index (κ2) is 8.20. The lowest BCUT2D eigenvalue weighted by atomic mass is 10.2. The standard InChI is InChI=1S/C20H18N2S/c1-4-10-17(11-5-1)16-23-20(21-18-12-6-2-7-13-18)22-19-14-8-3-9-15-19/h1-15H,16H2,(H,21,22)/p+1. The van der Waals surface area contributed by atoms with Crippen molar-refractivity contribution in [3.8, 4) is 0 Å². The van der Waals surface area contributed by atoms with Crippen molar-refractivity contribution in [3.63, 3.8) is 0 Å². The fourth-order valence-corrected chi connectivity index (χ4v) is 3.02. The lowest BCUT2D eigenvalue weighted by Gasteiger charge is -2.04. The van der Waals surface area contributed by atoms with Crippen LogP contribution < -0.4 is 10.3 Å². The van der Waals surface area contributed by atoms with Crippen molar-refractivity contribution in [2.45, 2.75) is 5.75 Å². The minimum atomic E-state index is 0.913. The molecule has 3 rings (SSSR count). The molecule has 3 aromatic rings. The fraction of sp³-hybridized carbons (Fsp3) is 0.0500. The van der Waals surface area contributed by atoms with Crippen molar-refractivity contribution in [3.05, 3.63) is 96.6 Å². The summed E-state index contributed by atoms with van der Waals surface area (Å²) in [5.41, 5.74) is 3.46. The van der Waals surface area contributed by atoms with E-state index in [1.807, 2.05) is 42.5 Å². The Balaban J connectivity index is 1.77. The molecule has 0 saturated heterocycles. The van der Waals surface area contributed by atoms with Crippen molar-refractivity contribution in [1.82, 2.24) is 0 Å². The van der Waals surface area contributed by atoms with Crippen LogP contribution in [0.25, 0.3) is 0 Å². The molecule has 0 bridgehead atoms. The molecule has 0 atom stereocenters. The fourth-order valence-electron chi connectivity index (χ4n) is 2.14. The third kappa shape index (κ3) is 5.01. The number of rotatable bonds is 4. The van der Waals surface area contributed by atoms with Gasteiger partial charge in [0.15, 0.2) is 0 Å². The third-order valence-corrected chi connectivity index (χ3v) is 4.26. The van der Waals surface area contributed by atoms with Crippen LogP contribution in [-0.4, -0.2) is 5.17 Å². The summed E-state index contributed by atoms with van der Waals surface area (Å²) in [5, 5.41) is 4.49. The van der Waals surface area contributed by atoms with E-state index >= 15 is 0 Å². The molecule has 0 spiro atoms. The van der Waals surface area contributed by atoms with Gasteiger partial charge >= 0.3 is 5.17 Å². The minimum Gasteiger partial charge on any atom is -0.235 e. The Morgan fingerprint density at radius 2 is 1.30 bits per heavy atom. The molecule has 0 aliphatic heterocycles. The van der Waals surface area contributed by atoms with E-state index in [1.165, 1.54) is 5.56 Å². The molecule has 0 fully saturated rings. The lowest BCUT2D eigenvalue weighted by Crippen LogP contribution is -2.67. The van der Waals surface area contributed by atoms with E-state index in [-0.39, 0.29) is 0 Å². The summed E-state index contributed by atoms with van der Waals surface area (Å²) in [4.78, 5) is 3.47. The van der Waals surface area contributed by atoms with Gasteiger partial charge in [0, 0.05) is 5.75 Å². The van der Waals surface area contributed by atoms with Gasteiger partial charge in [0.05, 0.1) is 0 Å². The molecule has 3 aromatic carbocycles. The summed E-state index contributed by atoms with van der Waals surface area (Å²) in [6.45, 7) is 0. The van der Waals surface area contributed by atoms with Crippen LogP contribution >= 0.6 is 11.8 Å². The molecular weight excluding hydrogens is 300 g/mol. The molecule has 2 nitrogen and oxygen atoms in total. The highest BCUT2D eigenvalue weighted by molar-refractivity contribution is 8.13. The summed E-state index contributed by atoms with van der Waals surface area (Å²) in [6.07, 6.45) is 0. The van der Waals surface area contributed by atoms with Gasteiger partial charge in [-0.1, -0.05) is 66.7 Å². The van der Waals surface area contributed by atoms with Gasteiger partial charge in [-0.25, -0.2) is 10.3 Å². The molecule has 23 heavy (non-hydrogen) atoms. The predicted molar refractivity (Wildman–Crippen MR) is 99.9 cm³/mol. The highest BCUT2D eigenvalue weighted by Crippen LogP contribution is 2.14. The topological polar surface area (TPSA) is 26.0 Å². The summed E-state index contributed by atoms with van der Waals surface area (Å²) < 4.78 is 0. The quantitative estimate of drug-likeness (QED) is 0.565. The summed E-state index contributed by atoms with van der Waals surface area (Å²) in [7, 11) is 0. The van der Waals surface area contributed by atoms with E-state index in [0.29, 0.717) is 0 Å². The third-order valence-electron chi connectivity index (χ3n) is 3.29. The number of nitrogens with one attached hydrogen (secondary N) is 2. The Hall–Kier alpha value is -2.52. The van der Waals surface area contributed by atoms with Crippen LogP contribution in [0.2, 0.25) is 0 Å². The Kier molecular flexibility index (Phi) is 5.48. The van der Waals surface area contributed by atoms with Crippen LogP contribution in [0.1, 0.15) is 5.56 Å². The largest absolute Gasteiger partial charge is 0.314 e. The van der Waals surface area contributed by atoms with Gasteiger partial charge in [0.1, 0.15) is 11.4 Å². The number of benzene rings is 3. The zero-order valence-corrected chi connectivity index (χ0v) is 13.6. The molecule has 0 aromatic heterocycles. The van der Waals surface area contributed by atoms with Gasteiger partial charge in [-0.2, -0.15) is 0 Å². The first-order valence-corrected chi connectivity index (χ1v) is 8.56. The van der Waals surface area contributed by atoms with Crippen LogP contribution in [0.15, 0.2) is 91.0 Å². The van der Waals surface area contributed by atoms with Crippen molar-refractivity contribution < 1.29 is 4.99 Å². The predicted octanol–water partition coefficient (Wildman–Crippen LogP) is 3.80. The van der Waals surface area contributed by atoms with Crippen molar-refractivity contribution in [2.75, 3.05) is 5.32 Å². The van der Waals surface area contributed by atoms with Crippen molar-refractivity contribution >= 4 is 28.3 Å². The highest BCUT2D eigenvalue weighted by atomic mass is 32.2. The first kappa shape index (κ1) is 15.4. The zero-order chi connectivity index (χ0) is 15.7. The van der Waals surface area contributed by atoms with Crippen molar-refractivity contribution in [2.24, 2.45) is 0 Å². The molecule has 0 heterocycles. The average Bonchev–Trinajstić information content (AvgIpc) is 2.62. The summed E-state index contributed by atoms with van der Waals surface area (Å²) in [6, 6.07) is 30.9. The SMILES string of the molecule is c1ccc(CSC(Nc2ccccc2)=[NH+]c2ccccc2)cc1. The number of hydrogen-bond acceptors (Lipinski definition) is 1. The Bertz CT molecular complexity index is 740. The van der Waals surface area contributed by atoms with Gasteiger partial charge in [0.2, 0.25) is 0 Å². The molecule has 0 aliphatic carbocycles. The lowest BCUT2D eigenvalue weighted by molar-refractivity contribution is -0.349. The van der Waals surface area contributed by atoms with Crippen LogP contribution in [-0.2, 0) is 5.75 Å². The van der Waals surface area contributed by atoms with E-state index in [1.54, 1.807) is 11.8 Å². The maximum absolute atomic E-state index is 3.47. The molecule has 0 radical (unpaired) electrons. The van der Waals surface area contributed by atoms with Crippen LogP contribution in [0, 0.1) is 0 Å². The molecule has 3 heteroatoms. The van der Waals surface area contributed by atoms with Gasteiger partial charge < -0.3 is 0 Å². The first-order valence-electron chi connectivity index (χ1n) is 7.58. The summed E-state index contributed by atoms with van der Waals surface area (Å²) >= 11 is 1.76. The Morgan fingerprint density at radius 1 is 0.739 bits per heavy atom. The van der Waals surface area contributed by atoms with Crippen LogP contribution in [0.5, 0.6) is 0 Å². The van der Waals surface area contributed by atoms with E-state index < -0.39 is 0 Å². The number of amidine groups is 1. The number of hydrogen-bond donors (Lipinski definition) is 2. The average molecular weight is 319 g/mol. The maximum atomic E-state index is 3.47. The van der Waals surface area contributed by atoms with Gasteiger partial charge in [-0.05, 0) is 41.6 Å². The monoisotopic (exact) mass is 319 g/mol. The molecule has 0 amide bonds. The highest BCUT2D eigenvalue weighted by Gasteiger charge is 2.10. The van der Waals surface area contributed by atoms with E-state index in [0.717, 1.165) is 22.3 Å². The normalized spacial score (nSPS) is 11.2. The molecule has 2 N–H and O–H groups in total. The van der Waals surface area contributed by atoms with Crippen LogP contribution in [0.4, 0.5) is 11.4 Å². The maximum Gasteiger partial charge on any atom is 0.314 e. The molecule has 0 saturated carbocycles. The van der Waals surface area contributed by atoms with Gasteiger partial charge in [0.25, 0.3) is 0 Å². The zero-order valence-electron chi connectivity index (χ0n) is 12.8. The van der Waals surface area contributed by atoms with Crippen molar-refractivity contribution in [1.29, 1.82) is 0 Å². The van der Waals surface area contributed by atoms with Gasteiger partial charge in [-0.15, -0.1) is 0 Å². The molecule has 0 aliphatic rings. The summed E-state index contributed by atoms with van der Waals surface area (Å²) in [5.74, 6) is 0.913. The van der Waals surface area contributed by atoms with E-state index in [9.17, 15) is 0 Å². The van der Waals surface area contributed by atoms with Gasteiger partial charge in [-0.3, -0.25) is 0 Å². The molecule has 114 valence electrons. The van der Waals surface area contributed by atoms with E-state index in [4.69, 9.17) is 0 Å². The second-order valence-electron chi connectivity index (χ2n) is 5.09. The number of thioether (sulfide) groups is 1. The smallest absolute Gasteiger partial charge is 0.235 e. The number of para-hydroxylation sites is 2. The Labute approximate surface area is 141 Å². The Morgan fingerprint density at radius 3 is 1.96 bits per heavy atom. The first-order chi connectivity index (χ1) is 11.4. The minimum absolute atomic E-state index is 0.913. The molecule has 0 unspecified atom stereocenters. The second-order valence-corrected chi connectivity index (χ2v) is 6.07. The van der Waals surface area contributed by atoms with E-state index in [2.05, 4.69) is 58.8 Å². The van der Waals surface area contributed by atoms with Crippen LogP contribution in [0.3, 0.4) is 0 Å². The molecular formula is C20H19N2S+.